The lowest BCUT2D eigenvalue weighted by Gasteiger charge is -2.43. The van der Waals surface area contributed by atoms with Crippen molar-refractivity contribution in [3.05, 3.63) is 0 Å². The molecule has 0 amide bonds. The van der Waals surface area contributed by atoms with E-state index in [4.69, 9.17) is 5.73 Å². The summed E-state index contributed by atoms with van der Waals surface area (Å²) in [6, 6.07) is 1.25. The van der Waals surface area contributed by atoms with Crippen LogP contribution in [0.2, 0.25) is 0 Å². The molecule has 90 valence electrons. The molecule has 0 aliphatic heterocycles. The van der Waals surface area contributed by atoms with Gasteiger partial charge in [-0.1, -0.05) is 20.3 Å². The van der Waals surface area contributed by atoms with Gasteiger partial charge in [0.25, 0.3) is 0 Å². The minimum absolute atomic E-state index is 0.626. The van der Waals surface area contributed by atoms with Crippen LogP contribution in [0.15, 0.2) is 0 Å². The molecule has 1 aliphatic rings. The molecule has 2 N–H and O–H groups in total. The Morgan fingerprint density at radius 2 is 1.80 bits per heavy atom. The van der Waals surface area contributed by atoms with Crippen LogP contribution < -0.4 is 5.73 Å². The van der Waals surface area contributed by atoms with Crippen LogP contribution in [0.25, 0.3) is 0 Å². The van der Waals surface area contributed by atoms with Crippen LogP contribution in [0.3, 0.4) is 0 Å². The van der Waals surface area contributed by atoms with Crippen LogP contribution >= 0.6 is 0 Å². The maximum Gasteiger partial charge on any atom is 0.0249 e. The second-order valence-electron chi connectivity index (χ2n) is 5.68. The van der Waals surface area contributed by atoms with Gasteiger partial charge in [0.05, 0.1) is 0 Å². The molecule has 1 atom stereocenters. The average molecular weight is 212 g/mol. The van der Waals surface area contributed by atoms with Gasteiger partial charge in [-0.3, -0.25) is 4.90 Å². The minimum atomic E-state index is 0.626. The second-order valence-corrected chi connectivity index (χ2v) is 5.68. The third-order valence-electron chi connectivity index (χ3n) is 3.60. The highest BCUT2D eigenvalue weighted by molar-refractivity contribution is 4.87. The highest BCUT2D eigenvalue weighted by Gasteiger charge is 2.31. The average Bonchev–Trinajstić information content (AvgIpc) is 2.06. The van der Waals surface area contributed by atoms with Crippen molar-refractivity contribution in [1.29, 1.82) is 0 Å². The summed E-state index contributed by atoms with van der Waals surface area (Å²) in [6.07, 6.45) is 4.20. The first-order chi connectivity index (χ1) is 7.06. The quantitative estimate of drug-likeness (QED) is 0.733. The van der Waals surface area contributed by atoms with E-state index in [1.165, 1.54) is 25.8 Å². The Hall–Kier alpha value is -0.0800. The third kappa shape index (κ3) is 3.46. The summed E-state index contributed by atoms with van der Waals surface area (Å²) in [6.45, 7) is 11.2. The molecule has 1 unspecified atom stereocenters. The monoisotopic (exact) mass is 212 g/mol. The van der Waals surface area contributed by atoms with Crippen molar-refractivity contribution in [1.82, 2.24) is 4.90 Å². The predicted molar refractivity (Wildman–Crippen MR) is 66.9 cm³/mol. The molecule has 0 aromatic heterocycles. The molecule has 0 aromatic carbocycles. The zero-order chi connectivity index (χ0) is 11.4. The van der Waals surface area contributed by atoms with E-state index in [2.05, 4.69) is 32.6 Å². The molecule has 1 rings (SSSR count). The van der Waals surface area contributed by atoms with E-state index < -0.39 is 0 Å². The Kier molecular flexibility index (Phi) is 5.07. The largest absolute Gasteiger partial charge is 0.329 e. The van der Waals surface area contributed by atoms with Crippen LogP contribution in [0, 0.1) is 11.8 Å². The fourth-order valence-corrected chi connectivity index (χ4v) is 2.57. The maximum absolute atomic E-state index is 5.96. The fourth-order valence-electron chi connectivity index (χ4n) is 2.57. The first-order valence-electron chi connectivity index (χ1n) is 6.52. The summed E-state index contributed by atoms with van der Waals surface area (Å²) in [5, 5.41) is 0. The Labute approximate surface area is 95.2 Å². The van der Waals surface area contributed by atoms with Crippen molar-refractivity contribution in [3.8, 4) is 0 Å². The van der Waals surface area contributed by atoms with Gasteiger partial charge in [-0.15, -0.1) is 0 Å². The van der Waals surface area contributed by atoms with Gasteiger partial charge >= 0.3 is 0 Å². The SMILES string of the molecule is CC(C)CN(C(C)C)C(CN)C1CCC1. The van der Waals surface area contributed by atoms with Gasteiger partial charge in [-0.25, -0.2) is 0 Å². The molecule has 15 heavy (non-hydrogen) atoms. The lowest BCUT2D eigenvalue weighted by Crippen LogP contribution is -2.51. The summed E-state index contributed by atoms with van der Waals surface area (Å²) < 4.78 is 0. The molecule has 1 fully saturated rings. The van der Waals surface area contributed by atoms with Gasteiger partial charge in [0.2, 0.25) is 0 Å². The van der Waals surface area contributed by atoms with Gasteiger partial charge in [0.15, 0.2) is 0 Å². The molecule has 0 aromatic rings. The predicted octanol–water partition coefficient (Wildman–Crippen LogP) is 2.48. The summed E-state index contributed by atoms with van der Waals surface area (Å²) >= 11 is 0. The topological polar surface area (TPSA) is 29.3 Å². The first kappa shape index (κ1) is 13.0. The van der Waals surface area contributed by atoms with Gasteiger partial charge < -0.3 is 5.73 Å². The summed E-state index contributed by atoms with van der Waals surface area (Å²) in [5.41, 5.74) is 5.96. The van der Waals surface area contributed by atoms with Crippen molar-refractivity contribution in [2.24, 2.45) is 17.6 Å². The Morgan fingerprint density at radius 1 is 1.20 bits per heavy atom. The first-order valence-corrected chi connectivity index (χ1v) is 6.52. The third-order valence-corrected chi connectivity index (χ3v) is 3.60. The van der Waals surface area contributed by atoms with E-state index in [1.807, 2.05) is 0 Å². The van der Waals surface area contributed by atoms with Gasteiger partial charge in [0.1, 0.15) is 0 Å². The Balaban J connectivity index is 2.57. The van der Waals surface area contributed by atoms with Crippen molar-refractivity contribution in [2.75, 3.05) is 13.1 Å². The number of rotatable bonds is 6. The van der Waals surface area contributed by atoms with Crippen LogP contribution in [0.1, 0.15) is 47.0 Å². The molecule has 0 saturated heterocycles. The molecular formula is C13H28N2. The smallest absolute Gasteiger partial charge is 0.0249 e. The standard InChI is InChI=1S/C13H28N2/c1-10(2)9-15(11(3)4)13(8-14)12-6-5-7-12/h10-13H,5-9,14H2,1-4H3. The normalized spacial score (nSPS) is 20.0. The summed E-state index contributed by atoms with van der Waals surface area (Å²) in [7, 11) is 0. The highest BCUT2D eigenvalue weighted by atomic mass is 15.2. The van der Waals surface area contributed by atoms with E-state index in [-0.39, 0.29) is 0 Å². The van der Waals surface area contributed by atoms with Gasteiger partial charge in [-0.05, 0) is 38.5 Å². The number of nitrogens with two attached hydrogens (primary N) is 1. The zero-order valence-electron chi connectivity index (χ0n) is 10.9. The zero-order valence-corrected chi connectivity index (χ0v) is 10.9. The van der Waals surface area contributed by atoms with Crippen LogP contribution in [0.4, 0.5) is 0 Å². The van der Waals surface area contributed by atoms with Crippen LogP contribution in [-0.2, 0) is 0 Å². The molecule has 0 bridgehead atoms. The molecule has 1 aliphatic carbocycles. The number of hydrogen-bond acceptors (Lipinski definition) is 2. The van der Waals surface area contributed by atoms with E-state index in [0.29, 0.717) is 12.1 Å². The van der Waals surface area contributed by atoms with Crippen LogP contribution in [0.5, 0.6) is 0 Å². The highest BCUT2D eigenvalue weighted by Crippen LogP contribution is 2.32. The van der Waals surface area contributed by atoms with E-state index in [0.717, 1.165) is 18.4 Å². The van der Waals surface area contributed by atoms with E-state index >= 15 is 0 Å². The van der Waals surface area contributed by atoms with Gasteiger partial charge in [0, 0.05) is 25.2 Å². The van der Waals surface area contributed by atoms with E-state index in [1.54, 1.807) is 0 Å². The molecule has 0 radical (unpaired) electrons. The van der Waals surface area contributed by atoms with Gasteiger partial charge in [-0.2, -0.15) is 0 Å². The van der Waals surface area contributed by atoms with E-state index in [9.17, 15) is 0 Å². The lowest BCUT2D eigenvalue weighted by molar-refractivity contribution is 0.0642. The Morgan fingerprint density at radius 3 is 2.07 bits per heavy atom. The molecule has 2 nitrogen and oxygen atoms in total. The second kappa shape index (κ2) is 5.86. The van der Waals surface area contributed by atoms with Crippen molar-refractivity contribution in [3.63, 3.8) is 0 Å². The van der Waals surface area contributed by atoms with Crippen molar-refractivity contribution >= 4 is 0 Å². The minimum Gasteiger partial charge on any atom is -0.329 e. The lowest BCUT2D eigenvalue weighted by atomic mass is 9.78. The summed E-state index contributed by atoms with van der Waals surface area (Å²) in [4.78, 5) is 2.62. The number of hydrogen-bond donors (Lipinski definition) is 1. The summed E-state index contributed by atoms with van der Waals surface area (Å²) in [5.74, 6) is 1.61. The van der Waals surface area contributed by atoms with Crippen molar-refractivity contribution in [2.45, 2.75) is 59.0 Å². The molecule has 1 saturated carbocycles. The van der Waals surface area contributed by atoms with Crippen molar-refractivity contribution < 1.29 is 0 Å². The molecular weight excluding hydrogens is 184 g/mol. The molecule has 0 heterocycles. The fraction of sp³-hybridized carbons (Fsp3) is 1.00. The van der Waals surface area contributed by atoms with Crippen LogP contribution in [-0.4, -0.2) is 30.1 Å². The Bertz CT molecular complexity index is 173. The number of nitrogens with zero attached hydrogens (tertiary/aromatic N) is 1. The maximum atomic E-state index is 5.96. The molecule has 0 spiro atoms. The molecule has 2 heteroatoms.